The van der Waals surface area contributed by atoms with Crippen LogP contribution in [0, 0.1) is 5.92 Å². The maximum atomic E-state index is 11.8. The van der Waals surface area contributed by atoms with E-state index in [0.29, 0.717) is 16.5 Å². The molecule has 110 valence electrons. The summed E-state index contributed by atoms with van der Waals surface area (Å²) in [5, 5.41) is 14.3. The van der Waals surface area contributed by atoms with Gasteiger partial charge in [-0.15, -0.1) is 0 Å². The Kier molecular flexibility index (Phi) is 5.64. The van der Waals surface area contributed by atoms with E-state index in [0.717, 1.165) is 0 Å². The third-order valence-corrected chi connectivity index (χ3v) is 2.94. The number of amides is 2. The maximum Gasteiger partial charge on any atom is 0.326 e. The summed E-state index contributed by atoms with van der Waals surface area (Å²) in [6.07, 6.45) is 0. The Labute approximate surface area is 122 Å². The SMILES string of the molecule is COc1cc(NC(=O)NC(C(=O)O)C(C)C)ccc1Cl. The number of carbonyl (C=O) groups is 2. The number of carbonyl (C=O) groups excluding carboxylic acids is 1. The smallest absolute Gasteiger partial charge is 0.326 e. The Bertz CT molecular complexity index is 505. The van der Waals surface area contributed by atoms with Crippen molar-refractivity contribution >= 4 is 29.3 Å². The van der Waals surface area contributed by atoms with Gasteiger partial charge in [-0.1, -0.05) is 25.4 Å². The zero-order valence-corrected chi connectivity index (χ0v) is 12.2. The van der Waals surface area contributed by atoms with Crippen LogP contribution in [0.4, 0.5) is 10.5 Å². The highest BCUT2D eigenvalue weighted by Gasteiger charge is 2.23. The first kappa shape index (κ1) is 16.1. The second-order valence-electron chi connectivity index (χ2n) is 4.51. The van der Waals surface area contributed by atoms with Gasteiger partial charge in [0.05, 0.1) is 12.1 Å². The fourth-order valence-electron chi connectivity index (χ4n) is 1.56. The number of benzene rings is 1. The van der Waals surface area contributed by atoms with E-state index in [1.54, 1.807) is 32.0 Å². The number of methoxy groups -OCH3 is 1. The molecule has 0 aliphatic carbocycles. The maximum absolute atomic E-state index is 11.8. The minimum atomic E-state index is -1.08. The Balaban J connectivity index is 2.73. The van der Waals surface area contributed by atoms with Gasteiger partial charge in [0.2, 0.25) is 0 Å². The average molecular weight is 301 g/mol. The van der Waals surface area contributed by atoms with Gasteiger partial charge in [-0.05, 0) is 18.1 Å². The quantitative estimate of drug-likeness (QED) is 0.780. The highest BCUT2D eigenvalue weighted by Crippen LogP contribution is 2.27. The van der Waals surface area contributed by atoms with Gasteiger partial charge in [0.25, 0.3) is 0 Å². The summed E-state index contributed by atoms with van der Waals surface area (Å²) in [5.41, 5.74) is 0.455. The largest absolute Gasteiger partial charge is 0.495 e. The van der Waals surface area contributed by atoms with E-state index in [-0.39, 0.29) is 5.92 Å². The molecule has 0 bridgehead atoms. The topological polar surface area (TPSA) is 87.7 Å². The number of ether oxygens (including phenoxy) is 1. The molecule has 0 spiro atoms. The van der Waals surface area contributed by atoms with Crippen molar-refractivity contribution in [3.8, 4) is 5.75 Å². The molecule has 1 atom stereocenters. The van der Waals surface area contributed by atoms with Gasteiger partial charge >= 0.3 is 12.0 Å². The minimum Gasteiger partial charge on any atom is -0.495 e. The van der Waals surface area contributed by atoms with Crippen LogP contribution in [0.1, 0.15) is 13.8 Å². The predicted octanol–water partition coefficient (Wildman–Crippen LogP) is 2.58. The van der Waals surface area contributed by atoms with Crippen LogP contribution in [0.5, 0.6) is 5.75 Å². The third-order valence-electron chi connectivity index (χ3n) is 2.63. The lowest BCUT2D eigenvalue weighted by Gasteiger charge is -2.18. The number of rotatable bonds is 5. The molecule has 1 aromatic rings. The number of urea groups is 1. The van der Waals surface area contributed by atoms with Crippen LogP contribution in [0.15, 0.2) is 18.2 Å². The number of carboxylic acid groups (broad SMARTS) is 1. The molecular formula is C13H17ClN2O4. The molecule has 3 N–H and O–H groups in total. The van der Waals surface area contributed by atoms with Crippen molar-refractivity contribution < 1.29 is 19.4 Å². The first-order valence-corrected chi connectivity index (χ1v) is 6.36. The molecule has 0 heterocycles. The Morgan fingerprint density at radius 2 is 2.00 bits per heavy atom. The molecule has 1 rings (SSSR count). The fraction of sp³-hybridized carbons (Fsp3) is 0.385. The van der Waals surface area contributed by atoms with Crippen LogP contribution < -0.4 is 15.4 Å². The second-order valence-corrected chi connectivity index (χ2v) is 4.91. The van der Waals surface area contributed by atoms with Gasteiger partial charge in [-0.2, -0.15) is 0 Å². The van der Waals surface area contributed by atoms with E-state index in [4.69, 9.17) is 21.4 Å². The molecule has 0 fully saturated rings. The molecule has 0 aliphatic heterocycles. The van der Waals surface area contributed by atoms with Crippen molar-refractivity contribution in [3.63, 3.8) is 0 Å². The summed E-state index contributed by atoms with van der Waals surface area (Å²) in [6, 6.07) is 3.16. The molecule has 0 radical (unpaired) electrons. The van der Waals surface area contributed by atoms with E-state index < -0.39 is 18.0 Å². The van der Waals surface area contributed by atoms with Gasteiger partial charge < -0.3 is 20.5 Å². The second kappa shape index (κ2) is 7.00. The number of hydrogen-bond acceptors (Lipinski definition) is 3. The van der Waals surface area contributed by atoms with Crippen molar-refractivity contribution in [2.45, 2.75) is 19.9 Å². The monoisotopic (exact) mass is 300 g/mol. The van der Waals surface area contributed by atoms with Crippen LogP contribution >= 0.6 is 11.6 Å². The lowest BCUT2D eigenvalue weighted by Crippen LogP contribution is -2.46. The molecule has 0 saturated carbocycles. The standard InChI is InChI=1S/C13H17ClN2O4/c1-7(2)11(12(17)18)16-13(19)15-8-4-5-9(14)10(6-8)20-3/h4-7,11H,1-3H3,(H,17,18)(H2,15,16,19). The van der Waals surface area contributed by atoms with Gasteiger partial charge in [0, 0.05) is 11.8 Å². The van der Waals surface area contributed by atoms with Crippen LogP contribution in [0.3, 0.4) is 0 Å². The van der Waals surface area contributed by atoms with E-state index in [9.17, 15) is 9.59 Å². The van der Waals surface area contributed by atoms with E-state index in [1.165, 1.54) is 7.11 Å². The van der Waals surface area contributed by atoms with Gasteiger partial charge in [0.15, 0.2) is 0 Å². The van der Waals surface area contributed by atoms with Gasteiger partial charge in [-0.25, -0.2) is 9.59 Å². The summed E-state index contributed by atoms with van der Waals surface area (Å²) in [5.74, 6) is -0.884. The normalized spacial score (nSPS) is 11.8. The van der Waals surface area contributed by atoms with Crippen molar-refractivity contribution in [2.24, 2.45) is 5.92 Å². The van der Waals surface area contributed by atoms with Crippen LogP contribution in [-0.4, -0.2) is 30.3 Å². The van der Waals surface area contributed by atoms with Crippen molar-refractivity contribution in [2.75, 3.05) is 12.4 Å². The number of carboxylic acids is 1. The molecule has 7 heteroatoms. The zero-order chi connectivity index (χ0) is 15.3. The highest BCUT2D eigenvalue weighted by atomic mass is 35.5. The van der Waals surface area contributed by atoms with Crippen LogP contribution in [0.2, 0.25) is 5.02 Å². The first-order valence-electron chi connectivity index (χ1n) is 5.99. The van der Waals surface area contributed by atoms with Crippen molar-refractivity contribution in [1.82, 2.24) is 5.32 Å². The number of anilines is 1. The molecule has 0 saturated heterocycles. The Morgan fingerprint density at radius 1 is 1.35 bits per heavy atom. The summed E-state index contributed by atoms with van der Waals surface area (Å²) in [7, 11) is 1.46. The van der Waals surface area contributed by atoms with E-state index in [1.807, 2.05) is 0 Å². The molecule has 0 aliphatic rings. The number of hydrogen-bond donors (Lipinski definition) is 3. The first-order chi connectivity index (χ1) is 9.35. The zero-order valence-electron chi connectivity index (χ0n) is 11.4. The summed E-state index contributed by atoms with van der Waals surface area (Å²) in [4.78, 5) is 22.8. The summed E-state index contributed by atoms with van der Waals surface area (Å²) >= 11 is 5.87. The average Bonchev–Trinajstić information content (AvgIpc) is 2.37. The van der Waals surface area contributed by atoms with Crippen LogP contribution in [-0.2, 0) is 4.79 Å². The summed E-state index contributed by atoms with van der Waals surface area (Å²) in [6.45, 7) is 3.43. The van der Waals surface area contributed by atoms with Crippen molar-refractivity contribution in [3.05, 3.63) is 23.2 Å². The fourth-order valence-corrected chi connectivity index (χ4v) is 1.75. The van der Waals surface area contributed by atoms with Gasteiger partial charge in [0.1, 0.15) is 11.8 Å². The number of nitrogens with one attached hydrogen (secondary N) is 2. The Hall–Kier alpha value is -1.95. The summed E-state index contributed by atoms with van der Waals surface area (Å²) < 4.78 is 5.03. The molecule has 1 unspecified atom stereocenters. The molecule has 0 aromatic heterocycles. The van der Waals surface area contributed by atoms with E-state index in [2.05, 4.69) is 10.6 Å². The predicted molar refractivity (Wildman–Crippen MR) is 76.4 cm³/mol. The third kappa shape index (κ3) is 4.31. The lowest BCUT2D eigenvalue weighted by molar-refractivity contribution is -0.140. The van der Waals surface area contributed by atoms with E-state index >= 15 is 0 Å². The number of aliphatic carboxylic acids is 1. The molecular weight excluding hydrogens is 284 g/mol. The minimum absolute atomic E-state index is 0.224. The molecule has 1 aromatic carbocycles. The van der Waals surface area contributed by atoms with Crippen molar-refractivity contribution in [1.29, 1.82) is 0 Å². The Morgan fingerprint density at radius 3 is 2.50 bits per heavy atom. The molecule has 20 heavy (non-hydrogen) atoms. The van der Waals surface area contributed by atoms with Gasteiger partial charge in [-0.3, -0.25) is 0 Å². The van der Waals surface area contributed by atoms with Crippen LogP contribution in [0.25, 0.3) is 0 Å². The highest BCUT2D eigenvalue weighted by molar-refractivity contribution is 6.32. The molecule has 2 amide bonds. The lowest BCUT2D eigenvalue weighted by atomic mass is 10.1. The molecule has 6 nitrogen and oxygen atoms in total. The number of halogens is 1.